The smallest absolute Gasteiger partial charge is 0.260 e. The first kappa shape index (κ1) is 22.6. The molecule has 0 bridgehead atoms. The Kier molecular flexibility index (Phi) is 7.06. The lowest BCUT2D eigenvalue weighted by atomic mass is 10.1. The van der Waals surface area contributed by atoms with Gasteiger partial charge in [-0.15, -0.1) is 0 Å². The molecule has 2 aromatic carbocycles. The highest BCUT2D eigenvalue weighted by Crippen LogP contribution is 2.24. The van der Waals surface area contributed by atoms with Crippen LogP contribution >= 0.6 is 11.6 Å². The molecule has 1 unspecified atom stereocenters. The number of halogens is 1. The number of carbonyl (C=O) groups excluding carboxylic acids is 1. The fourth-order valence-corrected chi connectivity index (χ4v) is 5.36. The van der Waals surface area contributed by atoms with Crippen molar-refractivity contribution in [2.75, 3.05) is 13.1 Å². The van der Waals surface area contributed by atoms with Gasteiger partial charge in [0, 0.05) is 24.2 Å². The predicted molar refractivity (Wildman–Crippen MR) is 117 cm³/mol. The standard InChI is InChI=1S/C22H27ClN2O4S/c1-15-4-9-21(16(2)14-15)30(27,28)25-12-10-19(11-13-25)24-22(26)17(3)29-20-7-5-18(23)6-8-20/h4-9,14,17,19H,10-13H2,1-3H3,(H,24,26). The molecular weight excluding hydrogens is 424 g/mol. The van der Waals surface area contributed by atoms with E-state index in [0.717, 1.165) is 11.1 Å². The second-order valence-corrected chi connectivity index (χ2v) is 10.0. The number of benzene rings is 2. The van der Waals surface area contributed by atoms with E-state index in [9.17, 15) is 13.2 Å². The molecule has 2 aromatic rings. The average molecular weight is 451 g/mol. The van der Waals surface area contributed by atoms with E-state index in [2.05, 4.69) is 5.32 Å². The minimum Gasteiger partial charge on any atom is -0.481 e. The van der Waals surface area contributed by atoms with Gasteiger partial charge < -0.3 is 10.1 Å². The quantitative estimate of drug-likeness (QED) is 0.728. The molecule has 1 N–H and O–H groups in total. The van der Waals surface area contributed by atoms with Crippen molar-refractivity contribution in [1.82, 2.24) is 9.62 Å². The summed E-state index contributed by atoms with van der Waals surface area (Å²) < 4.78 is 33.1. The molecule has 0 spiro atoms. The van der Waals surface area contributed by atoms with Crippen molar-refractivity contribution >= 4 is 27.5 Å². The predicted octanol–water partition coefficient (Wildman–Crippen LogP) is 3.69. The highest BCUT2D eigenvalue weighted by atomic mass is 35.5. The van der Waals surface area contributed by atoms with Gasteiger partial charge in [-0.1, -0.05) is 29.3 Å². The van der Waals surface area contributed by atoms with Crippen LogP contribution in [0, 0.1) is 13.8 Å². The molecule has 8 heteroatoms. The minimum absolute atomic E-state index is 0.0840. The van der Waals surface area contributed by atoms with E-state index in [0.29, 0.717) is 41.6 Å². The summed E-state index contributed by atoms with van der Waals surface area (Å²) in [4.78, 5) is 12.8. The first-order valence-corrected chi connectivity index (χ1v) is 11.8. The monoisotopic (exact) mass is 450 g/mol. The van der Waals surface area contributed by atoms with Crippen molar-refractivity contribution in [3.8, 4) is 5.75 Å². The third-order valence-corrected chi connectivity index (χ3v) is 7.56. The van der Waals surface area contributed by atoms with E-state index in [1.165, 1.54) is 4.31 Å². The van der Waals surface area contributed by atoms with E-state index in [4.69, 9.17) is 16.3 Å². The fraction of sp³-hybridized carbons (Fsp3) is 0.409. The lowest BCUT2D eigenvalue weighted by Crippen LogP contribution is -2.49. The van der Waals surface area contributed by atoms with Crippen molar-refractivity contribution in [2.45, 2.75) is 50.7 Å². The van der Waals surface area contributed by atoms with Crippen LogP contribution in [0.2, 0.25) is 5.02 Å². The molecule has 30 heavy (non-hydrogen) atoms. The Labute approximate surface area is 183 Å². The van der Waals surface area contributed by atoms with E-state index in [1.54, 1.807) is 37.3 Å². The molecule has 0 aromatic heterocycles. The van der Waals surface area contributed by atoms with Gasteiger partial charge in [-0.3, -0.25) is 4.79 Å². The molecule has 1 aliphatic rings. The summed E-state index contributed by atoms with van der Waals surface area (Å²) in [7, 11) is -3.54. The lowest BCUT2D eigenvalue weighted by molar-refractivity contribution is -0.128. The maximum Gasteiger partial charge on any atom is 0.260 e. The zero-order valence-corrected chi connectivity index (χ0v) is 19.0. The van der Waals surface area contributed by atoms with Crippen molar-refractivity contribution in [3.63, 3.8) is 0 Å². The Morgan fingerprint density at radius 3 is 2.37 bits per heavy atom. The van der Waals surface area contributed by atoms with Gasteiger partial charge in [0.2, 0.25) is 10.0 Å². The summed E-state index contributed by atoms with van der Waals surface area (Å²) >= 11 is 5.86. The van der Waals surface area contributed by atoms with Crippen LogP contribution in [0.25, 0.3) is 0 Å². The number of aryl methyl sites for hydroxylation is 2. The largest absolute Gasteiger partial charge is 0.481 e. The number of ether oxygens (including phenoxy) is 1. The lowest BCUT2D eigenvalue weighted by Gasteiger charge is -2.32. The SMILES string of the molecule is Cc1ccc(S(=O)(=O)N2CCC(NC(=O)C(C)Oc3ccc(Cl)cc3)CC2)c(C)c1. The number of piperidine rings is 1. The van der Waals surface area contributed by atoms with Crippen LogP contribution in [0.1, 0.15) is 30.9 Å². The van der Waals surface area contributed by atoms with Crippen LogP contribution in [0.3, 0.4) is 0 Å². The first-order valence-electron chi connectivity index (χ1n) is 9.97. The van der Waals surface area contributed by atoms with Crippen molar-refractivity contribution in [1.29, 1.82) is 0 Å². The van der Waals surface area contributed by atoms with Gasteiger partial charge in [0.15, 0.2) is 6.10 Å². The summed E-state index contributed by atoms with van der Waals surface area (Å²) in [6.07, 6.45) is 0.454. The average Bonchev–Trinajstić information content (AvgIpc) is 2.69. The molecule has 1 heterocycles. The Bertz CT molecular complexity index is 1000. The number of carbonyl (C=O) groups is 1. The second kappa shape index (κ2) is 9.37. The third kappa shape index (κ3) is 5.33. The second-order valence-electron chi connectivity index (χ2n) is 7.67. The fourth-order valence-electron chi connectivity index (χ4n) is 3.56. The van der Waals surface area contributed by atoms with Crippen LogP contribution in [0.5, 0.6) is 5.75 Å². The summed E-state index contributed by atoms with van der Waals surface area (Å²) in [5, 5.41) is 3.57. The summed E-state index contributed by atoms with van der Waals surface area (Å²) in [5.74, 6) is 0.345. The van der Waals surface area contributed by atoms with E-state index in [-0.39, 0.29) is 11.9 Å². The highest BCUT2D eigenvalue weighted by molar-refractivity contribution is 7.89. The molecule has 6 nitrogen and oxygen atoms in total. The van der Waals surface area contributed by atoms with E-state index < -0.39 is 16.1 Å². The number of rotatable bonds is 6. The number of nitrogens with one attached hydrogen (secondary N) is 1. The van der Waals surface area contributed by atoms with Gasteiger partial charge in [0.1, 0.15) is 5.75 Å². The molecule has 1 aliphatic heterocycles. The van der Waals surface area contributed by atoms with Crippen LogP contribution in [0.15, 0.2) is 47.4 Å². The van der Waals surface area contributed by atoms with Crippen LogP contribution in [-0.2, 0) is 14.8 Å². The molecule has 1 amide bonds. The molecule has 3 rings (SSSR count). The number of hydrogen-bond acceptors (Lipinski definition) is 4. The van der Waals surface area contributed by atoms with Gasteiger partial charge in [0.05, 0.1) is 4.90 Å². The normalized spacial score (nSPS) is 16.8. The van der Waals surface area contributed by atoms with Crippen LogP contribution < -0.4 is 10.1 Å². The van der Waals surface area contributed by atoms with Gasteiger partial charge in [-0.25, -0.2) is 8.42 Å². The zero-order chi connectivity index (χ0) is 21.9. The highest BCUT2D eigenvalue weighted by Gasteiger charge is 2.31. The van der Waals surface area contributed by atoms with E-state index in [1.807, 2.05) is 26.0 Å². The van der Waals surface area contributed by atoms with Gasteiger partial charge in [-0.2, -0.15) is 4.31 Å². The Morgan fingerprint density at radius 1 is 1.13 bits per heavy atom. The molecule has 0 saturated carbocycles. The number of nitrogens with zero attached hydrogens (tertiary/aromatic N) is 1. The zero-order valence-electron chi connectivity index (χ0n) is 17.4. The molecule has 0 radical (unpaired) electrons. The number of amides is 1. The molecule has 1 atom stereocenters. The number of sulfonamides is 1. The Balaban J connectivity index is 1.54. The molecule has 0 aliphatic carbocycles. The molecule has 162 valence electrons. The maximum absolute atomic E-state index is 13.0. The van der Waals surface area contributed by atoms with Crippen LogP contribution in [-0.4, -0.2) is 43.9 Å². The topological polar surface area (TPSA) is 75.7 Å². The van der Waals surface area contributed by atoms with Gasteiger partial charge in [-0.05, 0) is 69.5 Å². The first-order chi connectivity index (χ1) is 14.2. The van der Waals surface area contributed by atoms with Gasteiger partial charge in [0.25, 0.3) is 5.91 Å². The molecule has 1 saturated heterocycles. The third-order valence-electron chi connectivity index (χ3n) is 5.24. The van der Waals surface area contributed by atoms with Crippen molar-refractivity contribution in [3.05, 3.63) is 58.6 Å². The Hall–Kier alpha value is -2.09. The number of hydrogen-bond donors (Lipinski definition) is 1. The molecule has 1 fully saturated rings. The van der Waals surface area contributed by atoms with Crippen molar-refractivity contribution in [2.24, 2.45) is 0 Å². The molecular formula is C22H27ClN2O4S. The Morgan fingerprint density at radius 2 is 1.77 bits per heavy atom. The van der Waals surface area contributed by atoms with Crippen molar-refractivity contribution < 1.29 is 17.9 Å². The summed E-state index contributed by atoms with van der Waals surface area (Å²) in [6.45, 7) is 6.17. The minimum atomic E-state index is -3.54. The van der Waals surface area contributed by atoms with Crippen LogP contribution in [0.4, 0.5) is 0 Å². The summed E-state index contributed by atoms with van der Waals surface area (Å²) in [6, 6.07) is 12.1. The van der Waals surface area contributed by atoms with E-state index >= 15 is 0 Å². The van der Waals surface area contributed by atoms with Gasteiger partial charge >= 0.3 is 0 Å². The summed E-state index contributed by atoms with van der Waals surface area (Å²) in [5.41, 5.74) is 1.78. The maximum atomic E-state index is 13.0.